The number of nitrogens with one attached hydrogen (secondary N) is 1. The fraction of sp³-hybridized carbons (Fsp3) is 0.321. The fourth-order valence-corrected chi connectivity index (χ4v) is 4.82. The van der Waals surface area contributed by atoms with E-state index in [1.165, 1.54) is 4.90 Å². The van der Waals surface area contributed by atoms with Crippen molar-refractivity contribution in [2.24, 2.45) is 0 Å². The molecule has 202 valence electrons. The van der Waals surface area contributed by atoms with E-state index in [0.29, 0.717) is 43.0 Å². The van der Waals surface area contributed by atoms with E-state index in [1.807, 2.05) is 42.5 Å². The second-order valence-electron chi connectivity index (χ2n) is 9.37. The van der Waals surface area contributed by atoms with Crippen LogP contribution < -0.4 is 5.32 Å². The minimum atomic E-state index is -5.03. The third-order valence-electron chi connectivity index (χ3n) is 6.63. The summed E-state index contributed by atoms with van der Waals surface area (Å²) >= 11 is 5.94. The van der Waals surface area contributed by atoms with Gasteiger partial charge in [0, 0.05) is 35.8 Å². The molecule has 1 fully saturated rings. The molecular formula is C28H25ClF6N2O. The van der Waals surface area contributed by atoms with Gasteiger partial charge in [0.05, 0.1) is 11.1 Å². The molecule has 0 unspecified atom stereocenters. The molecule has 0 aromatic heterocycles. The number of benzene rings is 3. The maximum absolute atomic E-state index is 13.4. The van der Waals surface area contributed by atoms with Crippen molar-refractivity contribution in [1.29, 1.82) is 0 Å². The number of halogens is 7. The van der Waals surface area contributed by atoms with Crippen LogP contribution in [0, 0.1) is 0 Å². The van der Waals surface area contributed by atoms with Crippen LogP contribution in [0.5, 0.6) is 0 Å². The van der Waals surface area contributed by atoms with Crippen molar-refractivity contribution < 1.29 is 31.1 Å². The topological polar surface area (TPSA) is 32.3 Å². The predicted octanol–water partition coefficient (Wildman–Crippen LogP) is 7.38. The van der Waals surface area contributed by atoms with Gasteiger partial charge in [-0.1, -0.05) is 54.1 Å². The molecule has 2 atom stereocenters. The normalized spacial score (nSPS) is 18.4. The molecular weight excluding hydrogens is 530 g/mol. The highest BCUT2D eigenvalue weighted by atomic mass is 35.5. The van der Waals surface area contributed by atoms with Crippen molar-refractivity contribution in [3.05, 3.63) is 106 Å². The van der Waals surface area contributed by atoms with Gasteiger partial charge in [-0.05, 0) is 60.7 Å². The molecule has 1 saturated heterocycles. The monoisotopic (exact) mass is 554 g/mol. The van der Waals surface area contributed by atoms with Crippen molar-refractivity contribution in [3.8, 4) is 0 Å². The molecule has 1 aliphatic heterocycles. The number of carbonyl (C=O) groups is 1. The fourth-order valence-electron chi connectivity index (χ4n) is 4.69. The molecule has 1 heterocycles. The van der Waals surface area contributed by atoms with Gasteiger partial charge in [0.15, 0.2) is 0 Å². The first-order chi connectivity index (χ1) is 17.9. The van der Waals surface area contributed by atoms with Crippen molar-refractivity contribution in [1.82, 2.24) is 10.2 Å². The quantitative estimate of drug-likeness (QED) is 0.322. The Labute approximate surface area is 221 Å². The Morgan fingerprint density at radius 2 is 1.47 bits per heavy atom. The lowest BCUT2D eigenvalue weighted by atomic mass is 9.91. The number of hydrogen-bond donors (Lipinski definition) is 1. The molecule has 3 nitrogen and oxygen atoms in total. The number of carbonyl (C=O) groups excluding carboxylic acids is 1. The van der Waals surface area contributed by atoms with E-state index in [2.05, 4.69) is 5.32 Å². The number of hydrogen-bond acceptors (Lipinski definition) is 2. The Bertz CT molecular complexity index is 1210. The van der Waals surface area contributed by atoms with Gasteiger partial charge in [-0.15, -0.1) is 0 Å². The summed E-state index contributed by atoms with van der Waals surface area (Å²) in [5, 5.41) is 4.07. The minimum absolute atomic E-state index is 0.00399. The van der Waals surface area contributed by atoms with Crippen molar-refractivity contribution in [3.63, 3.8) is 0 Å². The summed E-state index contributed by atoms with van der Waals surface area (Å²) in [6.07, 6.45) is -8.66. The van der Waals surface area contributed by atoms with Crippen LogP contribution in [-0.2, 0) is 25.3 Å². The van der Waals surface area contributed by atoms with Crippen LogP contribution in [-0.4, -0.2) is 29.4 Å². The lowest BCUT2D eigenvalue weighted by Crippen LogP contribution is -2.51. The molecule has 0 spiro atoms. The van der Waals surface area contributed by atoms with Crippen molar-refractivity contribution in [2.45, 2.75) is 50.2 Å². The summed E-state index contributed by atoms with van der Waals surface area (Å²) in [7, 11) is 0. The van der Waals surface area contributed by atoms with E-state index in [1.54, 1.807) is 12.1 Å². The van der Waals surface area contributed by atoms with Crippen LogP contribution >= 0.6 is 11.6 Å². The Kier molecular flexibility index (Phi) is 8.37. The van der Waals surface area contributed by atoms with Gasteiger partial charge in [0.25, 0.3) is 5.91 Å². The molecule has 1 N–H and O–H groups in total. The SMILES string of the molecule is O=C(c1cc(C(F)(F)F)cc(C(F)(F)F)c1)N1CC[C@H](NCc2ccc(Cl)cc2)C[C@@H]1Cc1ccccc1. The molecule has 0 radical (unpaired) electrons. The number of amides is 1. The molecule has 38 heavy (non-hydrogen) atoms. The Morgan fingerprint density at radius 1 is 0.868 bits per heavy atom. The van der Waals surface area contributed by atoms with Crippen LogP contribution in [0.15, 0.2) is 72.8 Å². The van der Waals surface area contributed by atoms with E-state index in [9.17, 15) is 31.1 Å². The first-order valence-electron chi connectivity index (χ1n) is 12.0. The molecule has 10 heteroatoms. The molecule has 3 aromatic rings. The average molecular weight is 555 g/mol. The summed E-state index contributed by atoms with van der Waals surface area (Å²) in [4.78, 5) is 14.8. The highest BCUT2D eigenvalue weighted by Gasteiger charge is 2.39. The number of rotatable bonds is 6. The van der Waals surface area contributed by atoms with E-state index in [-0.39, 0.29) is 18.7 Å². The zero-order valence-electron chi connectivity index (χ0n) is 20.1. The maximum atomic E-state index is 13.4. The van der Waals surface area contributed by atoms with Gasteiger partial charge in [-0.3, -0.25) is 4.79 Å². The molecule has 1 amide bonds. The summed E-state index contributed by atoms with van der Waals surface area (Å²) in [6, 6.07) is 17.2. The average Bonchev–Trinajstić information content (AvgIpc) is 2.87. The second-order valence-corrected chi connectivity index (χ2v) is 9.80. The van der Waals surface area contributed by atoms with Gasteiger partial charge < -0.3 is 10.2 Å². The smallest absolute Gasteiger partial charge is 0.335 e. The summed E-state index contributed by atoms with van der Waals surface area (Å²) in [5.74, 6) is -0.848. The second kappa shape index (κ2) is 11.4. The number of piperidine rings is 1. The lowest BCUT2D eigenvalue weighted by Gasteiger charge is -2.40. The van der Waals surface area contributed by atoms with Crippen LogP contribution in [0.2, 0.25) is 5.02 Å². The van der Waals surface area contributed by atoms with Gasteiger partial charge in [-0.25, -0.2) is 0 Å². The van der Waals surface area contributed by atoms with Crippen LogP contribution in [0.4, 0.5) is 26.3 Å². The van der Waals surface area contributed by atoms with Gasteiger partial charge >= 0.3 is 12.4 Å². The highest BCUT2D eigenvalue weighted by molar-refractivity contribution is 6.30. The predicted molar refractivity (Wildman–Crippen MR) is 133 cm³/mol. The van der Waals surface area contributed by atoms with Crippen LogP contribution in [0.1, 0.15) is 45.5 Å². The Balaban J connectivity index is 1.59. The lowest BCUT2D eigenvalue weighted by molar-refractivity contribution is -0.143. The first-order valence-corrected chi connectivity index (χ1v) is 12.4. The van der Waals surface area contributed by atoms with E-state index in [0.717, 1.165) is 11.1 Å². The molecule has 0 bridgehead atoms. The van der Waals surface area contributed by atoms with E-state index >= 15 is 0 Å². The van der Waals surface area contributed by atoms with E-state index < -0.39 is 41.0 Å². The van der Waals surface area contributed by atoms with Gasteiger partial charge in [-0.2, -0.15) is 26.3 Å². The molecule has 3 aromatic carbocycles. The summed E-state index contributed by atoms with van der Waals surface area (Å²) < 4.78 is 80.4. The minimum Gasteiger partial charge on any atom is -0.335 e. The number of alkyl halides is 6. The third kappa shape index (κ3) is 7.08. The highest BCUT2D eigenvalue weighted by Crippen LogP contribution is 2.37. The maximum Gasteiger partial charge on any atom is 0.416 e. The molecule has 0 aliphatic carbocycles. The van der Waals surface area contributed by atoms with Crippen molar-refractivity contribution >= 4 is 17.5 Å². The summed E-state index contributed by atoms with van der Waals surface area (Å²) in [5.41, 5.74) is -1.72. The van der Waals surface area contributed by atoms with Crippen molar-refractivity contribution in [2.75, 3.05) is 6.54 Å². The third-order valence-corrected chi connectivity index (χ3v) is 6.89. The number of nitrogens with zero attached hydrogens (tertiary/aromatic N) is 1. The Morgan fingerprint density at radius 3 is 2.05 bits per heavy atom. The largest absolute Gasteiger partial charge is 0.416 e. The van der Waals surface area contributed by atoms with Crippen LogP contribution in [0.25, 0.3) is 0 Å². The summed E-state index contributed by atoms with van der Waals surface area (Å²) in [6.45, 7) is 0.739. The van der Waals surface area contributed by atoms with E-state index in [4.69, 9.17) is 11.6 Å². The zero-order chi connectivity index (χ0) is 27.5. The molecule has 1 aliphatic rings. The molecule has 4 rings (SSSR count). The van der Waals surface area contributed by atoms with Crippen LogP contribution in [0.3, 0.4) is 0 Å². The number of likely N-dealkylation sites (tertiary alicyclic amines) is 1. The first kappa shape index (κ1) is 28.0. The van der Waals surface area contributed by atoms with Gasteiger partial charge in [0.2, 0.25) is 0 Å². The molecule has 0 saturated carbocycles. The standard InChI is InChI=1S/C28H25ClF6N2O/c29-23-8-6-19(7-9-23)17-36-24-10-11-37(25(16-24)12-18-4-2-1-3-5-18)26(38)20-13-21(27(30,31)32)15-22(14-20)28(33,34)35/h1-9,13-15,24-25,36H,10-12,16-17H2/t24-,25-/m0/s1. The Hall–Kier alpha value is -3.04. The zero-order valence-corrected chi connectivity index (χ0v) is 20.9. The van der Waals surface area contributed by atoms with Gasteiger partial charge in [0.1, 0.15) is 0 Å².